The number of carboxylic acid groups (broad SMARTS) is 1. The number of carboxylic acids is 1. The predicted molar refractivity (Wildman–Crippen MR) is 48.2 cm³/mol. The van der Waals surface area contributed by atoms with E-state index in [1.807, 2.05) is 12.1 Å². The van der Waals surface area contributed by atoms with E-state index in [2.05, 4.69) is 4.98 Å². The molecule has 0 saturated heterocycles. The molecule has 1 rings (SSSR count). The Morgan fingerprint density at radius 3 is 2.69 bits per heavy atom. The smallest absolute Gasteiger partial charge is 0.304 e. The zero-order valence-corrected chi connectivity index (χ0v) is 7.18. The van der Waals surface area contributed by atoms with E-state index in [-0.39, 0.29) is 12.5 Å². The molecule has 1 atom stereocenters. The number of pyridine rings is 1. The van der Waals surface area contributed by atoms with Gasteiger partial charge in [0.2, 0.25) is 0 Å². The van der Waals surface area contributed by atoms with Gasteiger partial charge in [-0.25, -0.2) is 0 Å². The van der Waals surface area contributed by atoms with Gasteiger partial charge in [-0.05, 0) is 24.1 Å². The largest absolute Gasteiger partial charge is 0.481 e. The van der Waals surface area contributed by atoms with Crippen molar-refractivity contribution in [2.75, 3.05) is 0 Å². The summed E-state index contributed by atoms with van der Waals surface area (Å²) in [5.74, 6) is -0.860. The van der Waals surface area contributed by atoms with E-state index in [0.29, 0.717) is 6.42 Å². The maximum atomic E-state index is 10.3. The fourth-order valence-corrected chi connectivity index (χ4v) is 1.12. The van der Waals surface area contributed by atoms with E-state index in [4.69, 9.17) is 10.8 Å². The van der Waals surface area contributed by atoms with Crippen molar-refractivity contribution in [1.82, 2.24) is 4.98 Å². The van der Waals surface area contributed by atoms with Gasteiger partial charge in [0.15, 0.2) is 0 Å². The average Bonchev–Trinajstić information content (AvgIpc) is 2.04. The van der Waals surface area contributed by atoms with Gasteiger partial charge in [-0.15, -0.1) is 0 Å². The first kappa shape index (κ1) is 9.67. The summed E-state index contributed by atoms with van der Waals surface area (Å²) in [6.45, 7) is 0. The fourth-order valence-electron chi connectivity index (χ4n) is 1.12. The summed E-state index contributed by atoms with van der Waals surface area (Å²) in [5.41, 5.74) is 6.62. The van der Waals surface area contributed by atoms with Crippen LogP contribution in [-0.2, 0) is 11.2 Å². The van der Waals surface area contributed by atoms with E-state index in [1.54, 1.807) is 12.4 Å². The maximum absolute atomic E-state index is 10.3. The fraction of sp³-hybridized carbons (Fsp3) is 0.333. The van der Waals surface area contributed by atoms with Crippen LogP contribution in [-0.4, -0.2) is 22.1 Å². The Labute approximate surface area is 76.4 Å². The monoisotopic (exact) mass is 180 g/mol. The maximum Gasteiger partial charge on any atom is 0.304 e. The Kier molecular flexibility index (Phi) is 3.40. The summed E-state index contributed by atoms with van der Waals surface area (Å²) in [4.78, 5) is 14.2. The topological polar surface area (TPSA) is 76.2 Å². The van der Waals surface area contributed by atoms with Crippen LogP contribution in [0.5, 0.6) is 0 Å². The van der Waals surface area contributed by atoms with Gasteiger partial charge in [0.25, 0.3) is 0 Å². The van der Waals surface area contributed by atoms with Crippen LogP contribution in [0.3, 0.4) is 0 Å². The first-order valence-electron chi connectivity index (χ1n) is 4.05. The average molecular weight is 180 g/mol. The molecule has 0 amide bonds. The molecule has 0 spiro atoms. The first-order valence-corrected chi connectivity index (χ1v) is 4.05. The molecule has 3 N–H and O–H groups in total. The Hall–Kier alpha value is -1.42. The molecule has 0 aliphatic heterocycles. The number of aromatic nitrogens is 1. The lowest BCUT2D eigenvalue weighted by atomic mass is 10.1. The number of nitrogens with zero attached hydrogens (tertiary/aromatic N) is 1. The van der Waals surface area contributed by atoms with Crippen molar-refractivity contribution in [2.24, 2.45) is 5.73 Å². The summed E-state index contributed by atoms with van der Waals surface area (Å²) in [5, 5.41) is 8.47. The Morgan fingerprint density at radius 1 is 1.54 bits per heavy atom. The second kappa shape index (κ2) is 4.57. The molecule has 4 heteroatoms. The summed E-state index contributed by atoms with van der Waals surface area (Å²) in [6, 6.07) is 3.35. The van der Waals surface area contributed by atoms with E-state index in [9.17, 15) is 4.79 Å². The summed E-state index contributed by atoms with van der Waals surface area (Å²) in [6.07, 6.45) is 3.92. The third-order valence-corrected chi connectivity index (χ3v) is 1.68. The second-order valence-corrected chi connectivity index (χ2v) is 2.92. The van der Waals surface area contributed by atoms with Crippen LogP contribution in [0.2, 0.25) is 0 Å². The molecule has 0 unspecified atom stereocenters. The van der Waals surface area contributed by atoms with Crippen LogP contribution in [0.4, 0.5) is 0 Å². The van der Waals surface area contributed by atoms with Crippen molar-refractivity contribution in [2.45, 2.75) is 18.9 Å². The molecule has 0 radical (unpaired) electrons. The number of hydrogen-bond acceptors (Lipinski definition) is 3. The molecule has 0 aliphatic rings. The van der Waals surface area contributed by atoms with Gasteiger partial charge < -0.3 is 10.8 Å². The highest BCUT2D eigenvalue weighted by atomic mass is 16.4. The molecule has 70 valence electrons. The third-order valence-electron chi connectivity index (χ3n) is 1.68. The number of hydrogen-bond donors (Lipinski definition) is 2. The van der Waals surface area contributed by atoms with Gasteiger partial charge in [0, 0.05) is 18.4 Å². The van der Waals surface area contributed by atoms with Crippen LogP contribution in [0.25, 0.3) is 0 Å². The number of carbonyl (C=O) groups is 1. The quantitative estimate of drug-likeness (QED) is 0.704. The zero-order valence-electron chi connectivity index (χ0n) is 7.18. The van der Waals surface area contributed by atoms with Crippen LogP contribution in [0.15, 0.2) is 24.5 Å². The highest BCUT2D eigenvalue weighted by Gasteiger charge is 2.08. The lowest BCUT2D eigenvalue weighted by molar-refractivity contribution is -0.137. The minimum absolute atomic E-state index is 0.00230. The Morgan fingerprint density at radius 2 is 2.15 bits per heavy atom. The van der Waals surface area contributed by atoms with Crippen molar-refractivity contribution in [3.8, 4) is 0 Å². The third kappa shape index (κ3) is 3.66. The van der Waals surface area contributed by atoms with Crippen molar-refractivity contribution in [3.05, 3.63) is 30.1 Å². The van der Waals surface area contributed by atoms with Crippen LogP contribution in [0.1, 0.15) is 12.0 Å². The number of nitrogens with two attached hydrogens (primary N) is 1. The van der Waals surface area contributed by atoms with Gasteiger partial charge in [-0.2, -0.15) is 0 Å². The highest BCUT2D eigenvalue weighted by Crippen LogP contribution is 2.02. The van der Waals surface area contributed by atoms with E-state index in [0.717, 1.165) is 5.56 Å². The molecule has 0 aliphatic carbocycles. The van der Waals surface area contributed by atoms with Gasteiger partial charge >= 0.3 is 5.97 Å². The lowest BCUT2D eigenvalue weighted by Crippen LogP contribution is -2.26. The molecule has 0 saturated carbocycles. The normalized spacial score (nSPS) is 12.4. The Bertz CT molecular complexity index is 274. The number of aliphatic carboxylic acids is 1. The molecule has 1 heterocycles. The molecule has 0 aromatic carbocycles. The van der Waals surface area contributed by atoms with E-state index < -0.39 is 5.97 Å². The van der Waals surface area contributed by atoms with Crippen molar-refractivity contribution < 1.29 is 9.90 Å². The molecule has 1 aromatic heterocycles. The van der Waals surface area contributed by atoms with E-state index >= 15 is 0 Å². The second-order valence-electron chi connectivity index (χ2n) is 2.92. The van der Waals surface area contributed by atoms with Crippen LogP contribution >= 0.6 is 0 Å². The molecule has 1 aromatic rings. The number of rotatable bonds is 4. The van der Waals surface area contributed by atoms with Gasteiger partial charge in [-0.3, -0.25) is 9.78 Å². The van der Waals surface area contributed by atoms with Crippen molar-refractivity contribution in [1.29, 1.82) is 0 Å². The molecular formula is C9H12N2O2. The minimum atomic E-state index is -0.860. The van der Waals surface area contributed by atoms with Crippen molar-refractivity contribution in [3.63, 3.8) is 0 Å². The summed E-state index contributed by atoms with van der Waals surface area (Å²) in [7, 11) is 0. The lowest BCUT2D eigenvalue weighted by Gasteiger charge is -2.07. The summed E-state index contributed by atoms with van der Waals surface area (Å²) >= 11 is 0. The van der Waals surface area contributed by atoms with Gasteiger partial charge in [-0.1, -0.05) is 0 Å². The minimum Gasteiger partial charge on any atom is -0.481 e. The van der Waals surface area contributed by atoms with Gasteiger partial charge in [0.05, 0.1) is 6.42 Å². The first-order chi connectivity index (χ1) is 6.18. The molecule has 0 fully saturated rings. The zero-order chi connectivity index (χ0) is 9.68. The molecular weight excluding hydrogens is 168 g/mol. The highest BCUT2D eigenvalue weighted by molar-refractivity contribution is 5.67. The molecule has 4 nitrogen and oxygen atoms in total. The summed E-state index contributed by atoms with van der Waals surface area (Å²) < 4.78 is 0. The van der Waals surface area contributed by atoms with Gasteiger partial charge in [0.1, 0.15) is 0 Å². The Balaban J connectivity index is 2.45. The van der Waals surface area contributed by atoms with Crippen molar-refractivity contribution >= 4 is 5.97 Å². The van der Waals surface area contributed by atoms with Crippen LogP contribution < -0.4 is 5.73 Å². The molecule has 13 heavy (non-hydrogen) atoms. The SMILES string of the molecule is N[C@@H](CC(=O)O)Cc1ccncc1. The molecule has 0 bridgehead atoms. The van der Waals surface area contributed by atoms with E-state index in [1.165, 1.54) is 0 Å². The standard InChI is InChI=1S/C9H12N2O2/c10-8(6-9(12)13)5-7-1-3-11-4-2-7/h1-4,8H,5-6,10H2,(H,12,13)/t8-/m1/s1. The predicted octanol–water partition coefficient (Wildman–Crippen LogP) is 0.426. The van der Waals surface area contributed by atoms with Crippen LogP contribution in [0, 0.1) is 0 Å².